The van der Waals surface area contributed by atoms with E-state index in [0.29, 0.717) is 24.6 Å². The van der Waals surface area contributed by atoms with Crippen LogP contribution < -0.4 is 5.32 Å². The molecule has 2 fully saturated rings. The minimum absolute atomic E-state index is 0.456. The van der Waals surface area contributed by atoms with Crippen LogP contribution in [0.15, 0.2) is 28.8 Å². The molecule has 0 atom stereocenters. The first-order chi connectivity index (χ1) is 12.8. The molecule has 1 aromatic heterocycles. The molecule has 0 spiro atoms. The molecule has 4 rings (SSSR count). The first-order valence-electron chi connectivity index (χ1n) is 9.57. The summed E-state index contributed by atoms with van der Waals surface area (Å²) >= 11 is 0. The maximum atomic E-state index is 9.69. The number of piperidine rings is 2. The van der Waals surface area contributed by atoms with Gasteiger partial charge in [0.15, 0.2) is 0 Å². The van der Waals surface area contributed by atoms with Gasteiger partial charge in [-0.15, -0.1) is 0 Å². The molecule has 6 heteroatoms. The zero-order valence-electron chi connectivity index (χ0n) is 15.1. The normalized spacial score (nSPS) is 20.6. The fourth-order valence-electron chi connectivity index (χ4n) is 3.95. The zero-order chi connectivity index (χ0) is 17.8. The molecule has 0 radical (unpaired) electrons. The number of likely N-dealkylation sites (tertiary alicyclic amines) is 1. The first-order valence-corrected chi connectivity index (χ1v) is 9.57. The SMILES string of the molecule is N#CC1(c2nc(-c3cccc(CN4CCCCC4)c3)no2)CCNCC1. The van der Waals surface area contributed by atoms with Gasteiger partial charge in [-0.25, -0.2) is 0 Å². The lowest BCUT2D eigenvalue weighted by molar-refractivity contribution is 0.221. The monoisotopic (exact) mass is 351 g/mol. The lowest BCUT2D eigenvalue weighted by atomic mass is 9.80. The molecule has 0 amide bonds. The fraction of sp³-hybridized carbons (Fsp3) is 0.550. The van der Waals surface area contributed by atoms with Gasteiger partial charge >= 0.3 is 0 Å². The van der Waals surface area contributed by atoms with Gasteiger partial charge in [0.25, 0.3) is 0 Å². The predicted molar refractivity (Wildman–Crippen MR) is 98.3 cm³/mol. The van der Waals surface area contributed by atoms with Gasteiger partial charge in [0.2, 0.25) is 11.7 Å². The maximum Gasteiger partial charge on any atom is 0.247 e. The van der Waals surface area contributed by atoms with E-state index in [4.69, 9.17) is 4.52 Å². The highest BCUT2D eigenvalue weighted by Gasteiger charge is 2.39. The number of benzene rings is 1. The molecule has 0 aliphatic carbocycles. The number of hydrogen-bond acceptors (Lipinski definition) is 6. The second kappa shape index (κ2) is 7.56. The number of nitrogens with one attached hydrogen (secondary N) is 1. The van der Waals surface area contributed by atoms with Gasteiger partial charge < -0.3 is 9.84 Å². The summed E-state index contributed by atoms with van der Waals surface area (Å²) in [6.45, 7) is 4.92. The quantitative estimate of drug-likeness (QED) is 0.912. The third kappa shape index (κ3) is 3.50. The van der Waals surface area contributed by atoms with Crippen molar-refractivity contribution in [2.45, 2.75) is 44.1 Å². The Balaban J connectivity index is 1.54. The van der Waals surface area contributed by atoms with Gasteiger partial charge in [-0.05, 0) is 63.5 Å². The number of hydrogen-bond donors (Lipinski definition) is 1. The van der Waals surface area contributed by atoms with Crippen LogP contribution in [-0.2, 0) is 12.0 Å². The Kier molecular flexibility index (Phi) is 5.00. The van der Waals surface area contributed by atoms with Crippen LogP contribution in [-0.4, -0.2) is 41.2 Å². The number of nitriles is 1. The van der Waals surface area contributed by atoms with Crippen molar-refractivity contribution in [3.63, 3.8) is 0 Å². The molecule has 0 unspecified atom stereocenters. The third-order valence-corrected chi connectivity index (χ3v) is 5.55. The second-order valence-electron chi connectivity index (χ2n) is 7.40. The molecule has 0 bridgehead atoms. The van der Waals surface area contributed by atoms with Crippen molar-refractivity contribution >= 4 is 0 Å². The Bertz CT molecular complexity index is 781. The molecule has 136 valence electrons. The van der Waals surface area contributed by atoms with Gasteiger partial charge in [-0.2, -0.15) is 10.2 Å². The number of aromatic nitrogens is 2. The van der Waals surface area contributed by atoms with Gasteiger partial charge in [-0.3, -0.25) is 4.90 Å². The van der Waals surface area contributed by atoms with Crippen LogP contribution in [0.1, 0.15) is 43.6 Å². The van der Waals surface area contributed by atoms with Crippen LogP contribution in [0.4, 0.5) is 0 Å². The number of nitrogens with zero attached hydrogens (tertiary/aromatic N) is 4. The molecule has 2 saturated heterocycles. The molecule has 1 aromatic carbocycles. The zero-order valence-corrected chi connectivity index (χ0v) is 15.1. The van der Waals surface area contributed by atoms with Crippen LogP contribution in [0.5, 0.6) is 0 Å². The second-order valence-corrected chi connectivity index (χ2v) is 7.40. The van der Waals surface area contributed by atoms with Crippen LogP contribution in [0, 0.1) is 11.3 Å². The number of rotatable bonds is 4. The highest BCUT2D eigenvalue weighted by Crippen LogP contribution is 2.33. The summed E-state index contributed by atoms with van der Waals surface area (Å²) in [7, 11) is 0. The first kappa shape index (κ1) is 17.2. The lowest BCUT2D eigenvalue weighted by Crippen LogP contribution is -2.39. The summed E-state index contributed by atoms with van der Waals surface area (Å²) < 4.78 is 5.52. The summed E-state index contributed by atoms with van der Waals surface area (Å²) in [5, 5.41) is 17.1. The van der Waals surface area contributed by atoms with E-state index in [2.05, 4.69) is 44.6 Å². The van der Waals surface area contributed by atoms with E-state index in [0.717, 1.165) is 25.2 Å². The molecule has 3 heterocycles. The van der Waals surface area contributed by atoms with Crippen molar-refractivity contribution in [2.24, 2.45) is 0 Å². The Morgan fingerprint density at radius 1 is 1.19 bits per heavy atom. The summed E-state index contributed by atoms with van der Waals surface area (Å²) in [6, 6.07) is 10.8. The Labute approximate surface area is 154 Å². The van der Waals surface area contributed by atoms with Crippen molar-refractivity contribution in [3.8, 4) is 17.5 Å². The van der Waals surface area contributed by atoms with Crippen molar-refractivity contribution in [3.05, 3.63) is 35.7 Å². The smallest absolute Gasteiger partial charge is 0.247 e. The van der Waals surface area contributed by atoms with Gasteiger partial charge in [0, 0.05) is 12.1 Å². The largest absolute Gasteiger partial charge is 0.337 e. The standard InChI is InChI=1S/C20H25N5O/c21-15-20(7-9-22-10-8-20)19-23-18(24-26-19)17-6-4-5-16(13-17)14-25-11-2-1-3-12-25/h4-6,13,22H,1-3,7-12,14H2. The molecule has 6 nitrogen and oxygen atoms in total. The third-order valence-electron chi connectivity index (χ3n) is 5.55. The molecule has 1 N–H and O–H groups in total. The van der Waals surface area contributed by atoms with Crippen LogP contribution >= 0.6 is 0 Å². The minimum atomic E-state index is -0.651. The van der Waals surface area contributed by atoms with Crippen molar-refractivity contribution in [1.29, 1.82) is 5.26 Å². The average molecular weight is 351 g/mol. The van der Waals surface area contributed by atoms with Gasteiger partial charge in [-0.1, -0.05) is 29.8 Å². The van der Waals surface area contributed by atoms with Crippen molar-refractivity contribution in [1.82, 2.24) is 20.4 Å². The molecule has 26 heavy (non-hydrogen) atoms. The van der Waals surface area contributed by atoms with Gasteiger partial charge in [0.05, 0.1) is 6.07 Å². The summed E-state index contributed by atoms with van der Waals surface area (Å²) in [5.41, 5.74) is 1.58. The van der Waals surface area contributed by atoms with Gasteiger partial charge in [0.1, 0.15) is 5.41 Å². The molecule has 0 saturated carbocycles. The minimum Gasteiger partial charge on any atom is -0.337 e. The molecule has 2 aliphatic heterocycles. The van der Waals surface area contributed by atoms with E-state index >= 15 is 0 Å². The topological polar surface area (TPSA) is 78.0 Å². The van der Waals surface area contributed by atoms with Crippen molar-refractivity contribution < 1.29 is 4.52 Å². The van der Waals surface area contributed by atoms with E-state index in [9.17, 15) is 5.26 Å². The van der Waals surface area contributed by atoms with Crippen LogP contribution in [0.25, 0.3) is 11.4 Å². The fourth-order valence-corrected chi connectivity index (χ4v) is 3.95. The highest BCUT2D eigenvalue weighted by molar-refractivity contribution is 5.55. The van der Waals surface area contributed by atoms with Crippen LogP contribution in [0.2, 0.25) is 0 Å². The Hall–Kier alpha value is -2.23. The summed E-state index contributed by atoms with van der Waals surface area (Å²) in [5.74, 6) is 1.03. The lowest BCUT2D eigenvalue weighted by Gasteiger charge is -2.27. The highest BCUT2D eigenvalue weighted by atomic mass is 16.5. The molecule has 2 aromatic rings. The van der Waals surface area contributed by atoms with E-state index in [1.165, 1.54) is 37.9 Å². The summed E-state index contributed by atoms with van der Waals surface area (Å²) in [6.07, 6.45) is 5.34. The Morgan fingerprint density at radius 2 is 2.00 bits per heavy atom. The van der Waals surface area contributed by atoms with E-state index in [1.807, 2.05) is 6.07 Å². The van der Waals surface area contributed by atoms with E-state index in [-0.39, 0.29) is 0 Å². The van der Waals surface area contributed by atoms with E-state index in [1.54, 1.807) is 0 Å². The Morgan fingerprint density at radius 3 is 2.77 bits per heavy atom. The van der Waals surface area contributed by atoms with Crippen LogP contribution in [0.3, 0.4) is 0 Å². The molecule has 2 aliphatic rings. The van der Waals surface area contributed by atoms with E-state index < -0.39 is 5.41 Å². The maximum absolute atomic E-state index is 9.69. The van der Waals surface area contributed by atoms with Crippen molar-refractivity contribution in [2.75, 3.05) is 26.2 Å². The molecular formula is C20H25N5O. The average Bonchev–Trinajstić information content (AvgIpc) is 3.20. The summed E-state index contributed by atoms with van der Waals surface area (Å²) in [4.78, 5) is 7.10. The molecular weight excluding hydrogens is 326 g/mol. The predicted octanol–water partition coefficient (Wildman–Crippen LogP) is 2.87.